The Kier molecular flexibility index (Phi) is 7.09. The van der Waals surface area contributed by atoms with Crippen LogP contribution in [0.4, 0.5) is 0 Å². The van der Waals surface area contributed by atoms with Crippen LogP contribution in [-0.4, -0.2) is 37.0 Å². The van der Waals surface area contributed by atoms with Gasteiger partial charge in [-0.05, 0) is 78.9 Å². The molecule has 3 rings (SSSR count). The lowest BCUT2D eigenvalue weighted by Gasteiger charge is -2.31. The molecule has 140 valence electrons. The number of hydrogen-bond donors (Lipinski definition) is 1. The Morgan fingerprint density at radius 3 is 2.62 bits per heavy atom. The Hall–Kier alpha value is -1.85. The van der Waals surface area contributed by atoms with Gasteiger partial charge in [0.05, 0.1) is 13.0 Å². The standard InChI is InChI=1S/C21H28N2O2S/c1-2-25-20-5-3-17(4-6-20)13-21(24)22-14-18-7-10-23(11-8-18)15-19-9-12-26-16-19/h3-6,9,12,16,18H,2,7-8,10-11,13-15H2,1H3,(H,22,24). The van der Waals surface area contributed by atoms with E-state index in [9.17, 15) is 4.79 Å². The Bertz CT molecular complexity index is 662. The van der Waals surface area contributed by atoms with Crippen molar-refractivity contribution < 1.29 is 9.53 Å². The number of nitrogens with one attached hydrogen (secondary N) is 1. The zero-order valence-corrected chi connectivity index (χ0v) is 16.3. The van der Waals surface area contributed by atoms with Gasteiger partial charge in [-0.25, -0.2) is 0 Å². The van der Waals surface area contributed by atoms with Crippen molar-refractivity contribution >= 4 is 17.2 Å². The van der Waals surface area contributed by atoms with Crippen molar-refractivity contribution in [1.82, 2.24) is 10.2 Å². The van der Waals surface area contributed by atoms with Crippen molar-refractivity contribution in [2.45, 2.75) is 32.7 Å². The van der Waals surface area contributed by atoms with E-state index in [1.165, 1.54) is 5.56 Å². The van der Waals surface area contributed by atoms with Gasteiger partial charge in [0.15, 0.2) is 0 Å². The molecular weight excluding hydrogens is 344 g/mol. The molecule has 0 bridgehead atoms. The van der Waals surface area contributed by atoms with E-state index < -0.39 is 0 Å². The largest absolute Gasteiger partial charge is 0.494 e. The van der Waals surface area contributed by atoms with Crippen LogP contribution >= 0.6 is 11.3 Å². The van der Waals surface area contributed by atoms with Gasteiger partial charge in [0.25, 0.3) is 0 Å². The van der Waals surface area contributed by atoms with Crippen molar-refractivity contribution in [2.75, 3.05) is 26.2 Å². The van der Waals surface area contributed by atoms with Crippen LogP contribution < -0.4 is 10.1 Å². The molecule has 1 aliphatic heterocycles. The van der Waals surface area contributed by atoms with Gasteiger partial charge in [-0.1, -0.05) is 12.1 Å². The number of nitrogens with zero attached hydrogens (tertiary/aromatic N) is 1. The first kappa shape index (κ1) is 18.9. The van der Waals surface area contributed by atoms with Gasteiger partial charge in [-0.2, -0.15) is 11.3 Å². The fourth-order valence-corrected chi connectivity index (χ4v) is 4.03. The second-order valence-electron chi connectivity index (χ2n) is 6.91. The third kappa shape index (κ3) is 5.85. The molecule has 2 aromatic rings. The second kappa shape index (κ2) is 9.74. The third-order valence-electron chi connectivity index (χ3n) is 4.88. The minimum absolute atomic E-state index is 0.106. The SMILES string of the molecule is CCOc1ccc(CC(=O)NCC2CCN(Cc3ccsc3)CC2)cc1. The molecule has 0 radical (unpaired) electrons. The maximum Gasteiger partial charge on any atom is 0.224 e. The Morgan fingerprint density at radius 1 is 1.19 bits per heavy atom. The van der Waals surface area contributed by atoms with Gasteiger partial charge in [-0.15, -0.1) is 0 Å². The zero-order chi connectivity index (χ0) is 18.2. The van der Waals surface area contributed by atoms with Crippen LogP contribution in [0.2, 0.25) is 0 Å². The predicted octanol–water partition coefficient (Wildman–Crippen LogP) is 3.72. The van der Waals surface area contributed by atoms with Crippen LogP contribution in [0.25, 0.3) is 0 Å². The summed E-state index contributed by atoms with van der Waals surface area (Å²) >= 11 is 1.76. The quantitative estimate of drug-likeness (QED) is 0.768. The molecule has 0 aliphatic carbocycles. The fraction of sp³-hybridized carbons (Fsp3) is 0.476. The molecule has 0 unspecified atom stereocenters. The van der Waals surface area contributed by atoms with Gasteiger partial charge < -0.3 is 10.1 Å². The number of carbonyl (C=O) groups excluding carboxylic acids is 1. The smallest absolute Gasteiger partial charge is 0.224 e. The number of likely N-dealkylation sites (tertiary alicyclic amines) is 1. The number of benzene rings is 1. The van der Waals surface area contributed by atoms with E-state index in [1.54, 1.807) is 11.3 Å². The van der Waals surface area contributed by atoms with Crippen LogP contribution in [0, 0.1) is 5.92 Å². The van der Waals surface area contributed by atoms with Gasteiger partial charge in [0.1, 0.15) is 5.75 Å². The average molecular weight is 373 g/mol. The molecule has 4 nitrogen and oxygen atoms in total. The number of rotatable bonds is 8. The second-order valence-corrected chi connectivity index (χ2v) is 7.69. The summed E-state index contributed by atoms with van der Waals surface area (Å²) in [6.07, 6.45) is 2.75. The lowest BCUT2D eigenvalue weighted by molar-refractivity contribution is -0.120. The molecule has 1 aromatic carbocycles. The van der Waals surface area contributed by atoms with E-state index in [1.807, 2.05) is 31.2 Å². The number of thiophene rings is 1. The van der Waals surface area contributed by atoms with E-state index in [2.05, 4.69) is 27.0 Å². The number of amides is 1. The van der Waals surface area contributed by atoms with Crippen LogP contribution in [0.1, 0.15) is 30.9 Å². The van der Waals surface area contributed by atoms with Crippen molar-refractivity contribution in [3.8, 4) is 5.75 Å². The summed E-state index contributed by atoms with van der Waals surface area (Å²) in [5.74, 6) is 1.55. The number of piperidine rings is 1. The molecule has 1 amide bonds. The molecule has 1 fully saturated rings. The first-order valence-electron chi connectivity index (χ1n) is 9.45. The summed E-state index contributed by atoms with van der Waals surface area (Å²) < 4.78 is 5.43. The van der Waals surface area contributed by atoms with E-state index >= 15 is 0 Å². The monoisotopic (exact) mass is 372 g/mol. The van der Waals surface area contributed by atoms with Crippen molar-refractivity contribution in [1.29, 1.82) is 0 Å². The highest BCUT2D eigenvalue weighted by Gasteiger charge is 2.19. The molecule has 1 aromatic heterocycles. The average Bonchev–Trinajstić information content (AvgIpc) is 3.16. The molecular formula is C21H28N2O2S. The van der Waals surface area contributed by atoms with Crippen LogP contribution in [0.3, 0.4) is 0 Å². The molecule has 1 N–H and O–H groups in total. The van der Waals surface area contributed by atoms with Gasteiger partial charge in [0.2, 0.25) is 5.91 Å². The maximum absolute atomic E-state index is 12.2. The Balaban J connectivity index is 1.34. The van der Waals surface area contributed by atoms with Crippen LogP contribution in [0.15, 0.2) is 41.1 Å². The fourth-order valence-electron chi connectivity index (χ4n) is 3.37. The van der Waals surface area contributed by atoms with E-state index in [-0.39, 0.29) is 5.91 Å². The van der Waals surface area contributed by atoms with Crippen LogP contribution in [0.5, 0.6) is 5.75 Å². The molecule has 0 saturated carbocycles. The van der Waals surface area contributed by atoms with Gasteiger partial charge in [-0.3, -0.25) is 9.69 Å². The number of ether oxygens (including phenoxy) is 1. The summed E-state index contributed by atoms with van der Waals surface area (Å²) in [5.41, 5.74) is 2.44. The summed E-state index contributed by atoms with van der Waals surface area (Å²) in [7, 11) is 0. The summed E-state index contributed by atoms with van der Waals surface area (Å²) in [5, 5.41) is 7.48. The number of hydrogen-bond acceptors (Lipinski definition) is 4. The maximum atomic E-state index is 12.2. The molecule has 2 heterocycles. The molecule has 1 saturated heterocycles. The first-order valence-corrected chi connectivity index (χ1v) is 10.4. The normalized spacial score (nSPS) is 15.7. The highest BCUT2D eigenvalue weighted by atomic mass is 32.1. The lowest BCUT2D eigenvalue weighted by atomic mass is 9.96. The minimum atomic E-state index is 0.106. The Morgan fingerprint density at radius 2 is 1.96 bits per heavy atom. The third-order valence-corrected chi connectivity index (χ3v) is 5.61. The van der Waals surface area contributed by atoms with Crippen molar-refractivity contribution in [3.05, 3.63) is 52.2 Å². The van der Waals surface area contributed by atoms with E-state index in [4.69, 9.17) is 4.74 Å². The first-order chi connectivity index (χ1) is 12.7. The highest BCUT2D eigenvalue weighted by molar-refractivity contribution is 7.07. The Labute approximate surface area is 160 Å². The number of carbonyl (C=O) groups is 1. The lowest BCUT2D eigenvalue weighted by Crippen LogP contribution is -2.38. The van der Waals surface area contributed by atoms with Gasteiger partial charge in [0, 0.05) is 13.1 Å². The molecule has 0 spiro atoms. The molecule has 1 aliphatic rings. The van der Waals surface area contributed by atoms with Gasteiger partial charge >= 0.3 is 0 Å². The molecule has 0 atom stereocenters. The predicted molar refractivity (Wildman–Crippen MR) is 107 cm³/mol. The summed E-state index contributed by atoms with van der Waals surface area (Å²) in [4.78, 5) is 14.7. The topological polar surface area (TPSA) is 41.6 Å². The van der Waals surface area contributed by atoms with Crippen molar-refractivity contribution in [3.63, 3.8) is 0 Å². The van der Waals surface area contributed by atoms with Crippen molar-refractivity contribution in [2.24, 2.45) is 5.92 Å². The zero-order valence-electron chi connectivity index (χ0n) is 15.4. The van der Waals surface area contributed by atoms with E-state index in [0.29, 0.717) is 18.9 Å². The summed E-state index contributed by atoms with van der Waals surface area (Å²) in [6, 6.07) is 9.99. The minimum Gasteiger partial charge on any atom is -0.494 e. The van der Waals surface area contributed by atoms with E-state index in [0.717, 1.165) is 50.3 Å². The highest BCUT2D eigenvalue weighted by Crippen LogP contribution is 2.19. The molecule has 5 heteroatoms. The molecule has 26 heavy (non-hydrogen) atoms. The van der Waals surface area contributed by atoms with Crippen LogP contribution in [-0.2, 0) is 17.8 Å². The summed E-state index contributed by atoms with van der Waals surface area (Å²) in [6.45, 7) is 6.72.